The fraction of sp³-hybridized carbons (Fsp3) is 0.412. The maximum absolute atomic E-state index is 9.02. The lowest BCUT2D eigenvalue weighted by Gasteiger charge is -2.06. The summed E-state index contributed by atoms with van der Waals surface area (Å²) in [6, 6.07) is 11.0. The monoisotopic (exact) mass is 318 g/mol. The van der Waals surface area contributed by atoms with Crippen molar-refractivity contribution >= 4 is 0 Å². The molecule has 0 radical (unpaired) electrons. The van der Waals surface area contributed by atoms with Crippen molar-refractivity contribution in [3.8, 4) is 0 Å². The number of aliphatic hydroxyl groups excluding tert-OH is 2. The fourth-order valence-electron chi connectivity index (χ4n) is 2.01. The third-order valence-corrected chi connectivity index (χ3v) is 3.13. The normalized spacial score (nSPS) is 10.9. The average molecular weight is 318 g/mol. The lowest BCUT2D eigenvalue weighted by atomic mass is 10.3. The van der Waals surface area contributed by atoms with Crippen LogP contribution in [0.1, 0.15) is 29.2 Å². The van der Waals surface area contributed by atoms with Crippen molar-refractivity contribution in [1.29, 1.82) is 0 Å². The van der Waals surface area contributed by atoms with Gasteiger partial charge in [0.15, 0.2) is 0 Å². The predicted molar refractivity (Wildman–Crippen MR) is 84.2 cm³/mol. The summed E-state index contributed by atoms with van der Waals surface area (Å²) < 4.78 is 11.1. The van der Waals surface area contributed by atoms with Crippen LogP contribution in [0.2, 0.25) is 0 Å². The number of rotatable bonds is 10. The number of hydrogen-bond acceptors (Lipinski definition) is 6. The highest BCUT2D eigenvalue weighted by Gasteiger charge is 1.99. The van der Waals surface area contributed by atoms with Crippen LogP contribution in [0.15, 0.2) is 36.4 Å². The number of pyridine rings is 2. The SMILES string of the molecule is OCc1cccc(COCCCOCc2cccc(CO)n2)n1. The molecule has 0 amide bonds. The summed E-state index contributed by atoms with van der Waals surface area (Å²) in [7, 11) is 0. The van der Waals surface area contributed by atoms with Crippen molar-refractivity contribution in [3.63, 3.8) is 0 Å². The summed E-state index contributed by atoms with van der Waals surface area (Å²) in [5.74, 6) is 0. The van der Waals surface area contributed by atoms with Crippen LogP contribution >= 0.6 is 0 Å². The molecule has 0 saturated heterocycles. The number of ether oxygens (including phenoxy) is 2. The van der Waals surface area contributed by atoms with Crippen LogP contribution in [0.5, 0.6) is 0 Å². The molecule has 0 aliphatic carbocycles. The molecule has 0 saturated carbocycles. The Hall–Kier alpha value is -1.86. The van der Waals surface area contributed by atoms with Crippen molar-refractivity contribution in [3.05, 3.63) is 59.2 Å². The molecule has 2 N–H and O–H groups in total. The summed E-state index contributed by atoms with van der Waals surface area (Å²) in [5, 5.41) is 18.0. The van der Waals surface area contributed by atoms with Crippen molar-refractivity contribution in [1.82, 2.24) is 9.97 Å². The van der Waals surface area contributed by atoms with E-state index in [9.17, 15) is 0 Å². The highest BCUT2D eigenvalue weighted by molar-refractivity contribution is 5.10. The quantitative estimate of drug-likeness (QED) is 0.647. The minimum Gasteiger partial charge on any atom is -0.390 e. The van der Waals surface area contributed by atoms with Gasteiger partial charge in [-0.25, -0.2) is 0 Å². The Bertz CT molecular complexity index is 541. The van der Waals surface area contributed by atoms with Gasteiger partial charge >= 0.3 is 0 Å². The molecular weight excluding hydrogens is 296 g/mol. The third-order valence-electron chi connectivity index (χ3n) is 3.13. The van der Waals surface area contributed by atoms with Crippen molar-refractivity contribution in [2.45, 2.75) is 32.8 Å². The molecule has 0 atom stereocenters. The van der Waals surface area contributed by atoms with Crippen molar-refractivity contribution < 1.29 is 19.7 Å². The first-order valence-corrected chi connectivity index (χ1v) is 7.58. The van der Waals surface area contributed by atoms with Gasteiger partial charge in [0, 0.05) is 13.2 Å². The second-order valence-corrected chi connectivity index (χ2v) is 5.02. The maximum atomic E-state index is 9.02. The molecule has 0 aliphatic heterocycles. The van der Waals surface area contributed by atoms with E-state index in [1.54, 1.807) is 12.1 Å². The average Bonchev–Trinajstić information content (AvgIpc) is 2.61. The Morgan fingerprint density at radius 2 is 1.13 bits per heavy atom. The van der Waals surface area contributed by atoms with Gasteiger partial charge in [-0.15, -0.1) is 0 Å². The van der Waals surface area contributed by atoms with Crippen molar-refractivity contribution in [2.75, 3.05) is 13.2 Å². The molecule has 0 unspecified atom stereocenters. The lowest BCUT2D eigenvalue weighted by molar-refractivity contribution is 0.0671. The van der Waals surface area contributed by atoms with Gasteiger partial charge < -0.3 is 19.7 Å². The maximum Gasteiger partial charge on any atom is 0.0887 e. The molecule has 6 heteroatoms. The summed E-state index contributed by atoms with van der Waals surface area (Å²) in [6.45, 7) is 1.88. The molecular formula is C17H22N2O4. The zero-order chi connectivity index (χ0) is 16.3. The molecule has 2 aromatic heterocycles. The molecule has 2 heterocycles. The van der Waals surface area contributed by atoms with Crippen LogP contribution in [0.3, 0.4) is 0 Å². The van der Waals surface area contributed by atoms with Crippen LogP contribution in [0.25, 0.3) is 0 Å². The summed E-state index contributed by atoms with van der Waals surface area (Å²) in [4.78, 5) is 8.49. The molecule has 0 spiro atoms. The van der Waals surface area contributed by atoms with Gasteiger partial charge in [-0.1, -0.05) is 12.1 Å². The standard InChI is InChI=1S/C17H22N2O4/c20-10-14-4-1-6-16(18-14)12-22-8-3-9-23-13-17-7-2-5-15(11-21)19-17/h1-2,4-7,20-21H,3,8-13H2. The molecule has 2 aromatic rings. The van der Waals surface area contributed by atoms with Crippen molar-refractivity contribution in [2.24, 2.45) is 0 Å². The first-order chi connectivity index (χ1) is 11.3. The highest BCUT2D eigenvalue weighted by atomic mass is 16.5. The van der Waals surface area contributed by atoms with Crippen LogP contribution in [-0.4, -0.2) is 33.4 Å². The number of aromatic nitrogens is 2. The summed E-state index contributed by atoms with van der Waals surface area (Å²) in [6.07, 6.45) is 0.777. The van der Waals surface area contributed by atoms with E-state index in [1.165, 1.54) is 0 Å². The Labute approximate surface area is 135 Å². The van der Waals surface area contributed by atoms with Gasteiger partial charge in [-0.05, 0) is 30.7 Å². The number of aliphatic hydroxyl groups is 2. The van der Waals surface area contributed by atoms with E-state index in [0.29, 0.717) is 37.8 Å². The second kappa shape index (κ2) is 10.0. The number of hydrogen-bond donors (Lipinski definition) is 2. The van der Waals surface area contributed by atoms with Crippen LogP contribution < -0.4 is 0 Å². The van der Waals surface area contributed by atoms with E-state index in [2.05, 4.69) is 9.97 Å². The third kappa shape index (κ3) is 6.42. The van der Waals surface area contributed by atoms with E-state index in [1.807, 2.05) is 24.3 Å². The largest absolute Gasteiger partial charge is 0.390 e. The van der Waals surface area contributed by atoms with E-state index < -0.39 is 0 Å². The molecule has 0 aliphatic rings. The van der Waals surface area contributed by atoms with Gasteiger partial charge in [0.05, 0.1) is 49.2 Å². The smallest absolute Gasteiger partial charge is 0.0887 e. The Morgan fingerprint density at radius 1 is 0.696 bits per heavy atom. The second-order valence-electron chi connectivity index (χ2n) is 5.02. The van der Waals surface area contributed by atoms with Crippen LogP contribution in [-0.2, 0) is 35.9 Å². The molecule has 0 fully saturated rings. The Kier molecular flexibility index (Phi) is 7.62. The van der Waals surface area contributed by atoms with E-state index in [0.717, 1.165) is 17.8 Å². The predicted octanol–water partition coefficient (Wildman–Crippen LogP) is 1.58. The first-order valence-electron chi connectivity index (χ1n) is 7.58. The van der Waals surface area contributed by atoms with Gasteiger partial charge in [0.2, 0.25) is 0 Å². The van der Waals surface area contributed by atoms with Gasteiger partial charge in [0.1, 0.15) is 0 Å². The van der Waals surface area contributed by atoms with Crippen LogP contribution in [0.4, 0.5) is 0 Å². The molecule has 2 rings (SSSR count). The van der Waals surface area contributed by atoms with Crippen LogP contribution in [0, 0.1) is 0 Å². The molecule has 0 bridgehead atoms. The van der Waals surface area contributed by atoms with E-state index in [4.69, 9.17) is 19.7 Å². The fourth-order valence-corrected chi connectivity index (χ4v) is 2.01. The van der Waals surface area contributed by atoms with E-state index >= 15 is 0 Å². The zero-order valence-corrected chi connectivity index (χ0v) is 13.0. The summed E-state index contributed by atoms with van der Waals surface area (Å²) in [5.41, 5.74) is 2.91. The zero-order valence-electron chi connectivity index (χ0n) is 13.0. The molecule has 0 aromatic carbocycles. The highest BCUT2D eigenvalue weighted by Crippen LogP contribution is 2.03. The summed E-state index contributed by atoms with van der Waals surface area (Å²) >= 11 is 0. The minimum absolute atomic E-state index is 0.0623. The van der Waals surface area contributed by atoms with E-state index in [-0.39, 0.29) is 13.2 Å². The number of nitrogens with zero attached hydrogens (tertiary/aromatic N) is 2. The molecule has 6 nitrogen and oxygen atoms in total. The Morgan fingerprint density at radius 3 is 1.57 bits per heavy atom. The molecule has 23 heavy (non-hydrogen) atoms. The Balaban J connectivity index is 1.57. The van der Waals surface area contributed by atoms with Gasteiger partial charge in [-0.2, -0.15) is 0 Å². The minimum atomic E-state index is -0.0623. The topological polar surface area (TPSA) is 84.7 Å². The lowest BCUT2D eigenvalue weighted by Crippen LogP contribution is -2.04. The molecule has 124 valence electrons. The van der Waals surface area contributed by atoms with Gasteiger partial charge in [-0.3, -0.25) is 9.97 Å². The van der Waals surface area contributed by atoms with Gasteiger partial charge in [0.25, 0.3) is 0 Å². The first kappa shape index (κ1) is 17.5.